The normalized spacial score (nSPS) is 12.6. The number of aliphatic hydroxyl groups excluding tert-OH is 1. The average molecular weight is 218 g/mol. The third kappa shape index (κ3) is 2.14. The maximum absolute atomic E-state index is 10.4. The Labute approximate surface area is 91.4 Å². The van der Waals surface area contributed by atoms with Crippen LogP contribution in [0.4, 0.5) is 0 Å². The van der Waals surface area contributed by atoms with Gasteiger partial charge in [-0.05, 0) is 12.1 Å². The van der Waals surface area contributed by atoms with Crippen LogP contribution in [-0.4, -0.2) is 26.2 Å². The molecule has 1 aromatic carbocycles. The summed E-state index contributed by atoms with van der Waals surface area (Å²) in [4.78, 5) is 18.7. The standard InChI is InChI=1S/C11H10N2O3/c14-10(5-11(15)16)9-6-12-7-3-1-2-4-8(7)13-9/h1-4,6,10,14H,5H2,(H,15,16). The molecule has 1 aromatic heterocycles. The van der Waals surface area contributed by atoms with Crippen molar-refractivity contribution in [1.82, 2.24) is 9.97 Å². The van der Waals surface area contributed by atoms with Crippen LogP contribution in [0.2, 0.25) is 0 Å². The number of carboxylic acids is 1. The van der Waals surface area contributed by atoms with Crippen LogP contribution in [0.1, 0.15) is 18.2 Å². The van der Waals surface area contributed by atoms with E-state index in [9.17, 15) is 9.90 Å². The quantitative estimate of drug-likeness (QED) is 0.807. The average Bonchev–Trinajstić information content (AvgIpc) is 2.27. The van der Waals surface area contributed by atoms with E-state index in [0.29, 0.717) is 11.0 Å². The molecule has 2 aromatic rings. The highest BCUT2D eigenvalue weighted by molar-refractivity contribution is 5.74. The number of carbonyl (C=O) groups is 1. The number of carboxylic acid groups (broad SMARTS) is 1. The van der Waals surface area contributed by atoms with E-state index in [1.807, 2.05) is 12.1 Å². The minimum atomic E-state index is -1.12. The second kappa shape index (κ2) is 4.24. The molecule has 1 atom stereocenters. The molecule has 0 bridgehead atoms. The van der Waals surface area contributed by atoms with Crippen molar-refractivity contribution in [3.8, 4) is 0 Å². The van der Waals surface area contributed by atoms with E-state index in [2.05, 4.69) is 9.97 Å². The van der Waals surface area contributed by atoms with Crippen molar-refractivity contribution in [2.75, 3.05) is 0 Å². The molecule has 0 aliphatic heterocycles. The second-order valence-corrected chi connectivity index (χ2v) is 3.40. The van der Waals surface area contributed by atoms with E-state index in [4.69, 9.17) is 5.11 Å². The fourth-order valence-electron chi connectivity index (χ4n) is 1.40. The summed E-state index contributed by atoms with van der Waals surface area (Å²) in [7, 11) is 0. The zero-order chi connectivity index (χ0) is 11.5. The summed E-state index contributed by atoms with van der Waals surface area (Å²) in [5.74, 6) is -1.07. The molecule has 0 radical (unpaired) electrons. The number of aromatic nitrogens is 2. The number of hydrogen-bond donors (Lipinski definition) is 2. The van der Waals surface area contributed by atoms with Crippen molar-refractivity contribution in [3.05, 3.63) is 36.2 Å². The smallest absolute Gasteiger partial charge is 0.306 e. The summed E-state index contributed by atoms with van der Waals surface area (Å²) < 4.78 is 0. The molecule has 0 spiro atoms. The lowest BCUT2D eigenvalue weighted by Crippen LogP contribution is -2.07. The fourth-order valence-corrected chi connectivity index (χ4v) is 1.40. The molecule has 82 valence electrons. The van der Waals surface area contributed by atoms with Crippen molar-refractivity contribution >= 4 is 17.0 Å². The first-order chi connectivity index (χ1) is 7.66. The molecule has 2 rings (SSSR count). The summed E-state index contributed by atoms with van der Waals surface area (Å²) in [5.41, 5.74) is 1.64. The number of rotatable bonds is 3. The fraction of sp³-hybridized carbons (Fsp3) is 0.182. The first-order valence-electron chi connectivity index (χ1n) is 4.78. The summed E-state index contributed by atoms with van der Waals surface area (Å²) >= 11 is 0. The predicted molar refractivity (Wildman–Crippen MR) is 56.8 cm³/mol. The van der Waals surface area contributed by atoms with Crippen molar-refractivity contribution < 1.29 is 15.0 Å². The first kappa shape index (κ1) is 10.5. The number of para-hydroxylation sites is 2. The van der Waals surface area contributed by atoms with Gasteiger partial charge in [0.15, 0.2) is 0 Å². The second-order valence-electron chi connectivity index (χ2n) is 3.40. The van der Waals surface area contributed by atoms with Crippen LogP contribution in [-0.2, 0) is 4.79 Å². The lowest BCUT2D eigenvalue weighted by Gasteiger charge is -2.07. The van der Waals surface area contributed by atoms with Crippen molar-refractivity contribution in [1.29, 1.82) is 0 Å². The minimum absolute atomic E-state index is 0.279. The summed E-state index contributed by atoms with van der Waals surface area (Å²) in [6.07, 6.45) is -0.0854. The van der Waals surface area contributed by atoms with E-state index in [-0.39, 0.29) is 12.1 Å². The minimum Gasteiger partial charge on any atom is -0.481 e. The molecular weight excluding hydrogens is 208 g/mol. The van der Waals surface area contributed by atoms with Crippen molar-refractivity contribution in [2.45, 2.75) is 12.5 Å². The highest BCUT2D eigenvalue weighted by Gasteiger charge is 2.14. The summed E-state index contributed by atoms with van der Waals surface area (Å²) in [6.45, 7) is 0. The Hall–Kier alpha value is -2.01. The van der Waals surface area contributed by atoms with Gasteiger partial charge < -0.3 is 10.2 Å². The van der Waals surface area contributed by atoms with Crippen LogP contribution >= 0.6 is 0 Å². The van der Waals surface area contributed by atoms with E-state index in [1.54, 1.807) is 12.1 Å². The zero-order valence-electron chi connectivity index (χ0n) is 8.37. The molecule has 5 nitrogen and oxygen atoms in total. The monoisotopic (exact) mass is 218 g/mol. The van der Waals surface area contributed by atoms with Gasteiger partial charge in [-0.25, -0.2) is 4.98 Å². The molecule has 2 N–H and O–H groups in total. The Morgan fingerprint density at radius 2 is 2.00 bits per heavy atom. The molecule has 0 amide bonds. The summed E-state index contributed by atoms with van der Waals surface area (Å²) in [6, 6.07) is 7.21. The van der Waals surface area contributed by atoms with Gasteiger partial charge in [0, 0.05) is 0 Å². The van der Waals surface area contributed by atoms with Gasteiger partial charge in [-0.3, -0.25) is 9.78 Å². The van der Waals surface area contributed by atoms with Crippen LogP contribution in [0.5, 0.6) is 0 Å². The molecular formula is C11H10N2O3. The number of hydrogen-bond acceptors (Lipinski definition) is 4. The van der Waals surface area contributed by atoms with E-state index < -0.39 is 12.1 Å². The number of fused-ring (bicyclic) bond motifs is 1. The Balaban J connectivity index is 2.35. The van der Waals surface area contributed by atoms with Gasteiger partial charge in [0.1, 0.15) is 6.10 Å². The summed E-state index contributed by atoms with van der Waals surface area (Å²) in [5, 5.41) is 18.1. The Kier molecular flexibility index (Phi) is 2.78. The maximum Gasteiger partial charge on any atom is 0.306 e. The van der Waals surface area contributed by atoms with Gasteiger partial charge in [-0.15, -0.1) is 0 Å². The van der Waals surface area contributed by atoms with E-state index >= 15 is 0 Å². The number of aliphatic hydroxyl groups is 1. The van der Waals surface area contributed by atoms with Gasteiger partial charge in [-0.2, -0.15) is 0 Å². The van der Waals surface area contributed by atoms with Gasteiger partial charge in [0.2, 0.25) is 0 Å². The van der Waals surface area contributed by atoms with Gasteiger partial charge in [0.25, 0.3) is 0 Å². The first-order valence-corrected chi connectivity index (χ1v) is 4.78. The molecule has 16 heavy (non-hydrogen) atoms. The Morgan fingerprint density at radius 3 is 2.69 bits per heavy atom. The highest BCUT2D eigenvalue weighted by atomic mass is 16.4. The number of nitrogens with zero attached hydrogens (tertiary/aromatic N) is 2. The molecule has 0 fully saturated rings. The maximum atomic E-state index is 10.4. The van der Waals surface area contributed by atoms with Crippen molar-refractivity contribution in [3.63, 3.8) is 0 Å². The highest BCUT2D eigenvalue weighted by Crippen LogP contribution is 2.16. The molecule has 5 heteroatoms. The van der Waals surface area contributed by atoms with E-state index in [1.165, 1.54) is 6.20 Å². The molecule has 0 aliphatic rings. The lowest BCUT2D eigenvalue weighted by molar-refractivity contribution is -0.139. The largest absolute Gasteiger partial charge is 0.481 e. The zero-order valence-corrected chi connectivity index (χ0v) is 8.37. The predicted octanol–water partition coefficient (Wildman–Crippen LogP) is 1.14. The van der Waals surface area contributed by atoms with Crippen LogP contribution < -0.4 is 0 Å². The molecule has 0 saturated heterocycles. The molecule has 0 saturated carbocycles. The number of benzene rings is 1. The molecule has 1 unspecified atom stereocenters. The SMILES string of the molecule is O=C(O)CC(O)c1cnc2ccccc2n1. The van der Waals surface area contributed by atoms with Gasteiger partial charge in [-0.1, -0.05) is 12.1 Å². The Morgan fingerprint density at radius 1 is 1.31 bits per heavy atom. The topological polar surface area (TPSA) is 83.3 Å². The lowest BCUT2D eigenvalue weighted by atomic mass is 10.2. The van der Waals surface area contributed by atoms with Crippen LogP contribution in [0.15, 0.2) is 30.5 Å². The Bertz CT molecular complexity index is 527. The third-order valence-electron chi connectivity index (χ3n) is 2.18. The van der Waals surface area contributed by atoms with Crippen LogP contribution in [0, 0.1) is 0 Å². The molecule has 1 heterocycles. The van der Waals surface area contributed by atoms with Gasteiger partial charge in [0.05, 0.1) is 29.3 Å². The number of aliphatic carboxylic acids is 1. The third-order valence-corrected chi connectivity index (χ3v) is 2.18. The van der Waals surface area contributed by atoms with Crippen LogP contribution in [0.25, 0.3) is 11.0 Å². The van der Waals surface area contributed by atoms with Gasteiger partial charge >= 0.3 is 5.97 Å². The van der Waals surface area contributed by atoms with E-state index in [0.717, 1.165) is 0 Å². The van der Waals surface area contributed by atoms with Crippen LogP contribution in [0.3, 0.4) is 0 Å². The molecule has 0 aliphatic carbocycles. The van der Waals surface area contributed by atoms with Crippen molar-refractivity contribution in [2.24, 2.45) is 0 Å².